The lowest BCUT2D eigenvalue weighted by molar-refractivity contribution is -0.119. The van der Waals surface area contributed by atoms with Crippen LogP contribution in [0.5, 0.6) is 5.75 Å². The molecule has 27 heavy (non-hydrogen) atoms. The van der Waals surface area contributed by atoms with Crippen molar-refractivity contribution in [1.82, 2.24) is 5.32 Å². The monoisotopic (exact) mass is 410 g/mol. The lowest BCUT2D eigenvalue weighted by atomic mass is 10.2. The molecule has 0 unspecified atom stereocenters. The number of anilines is 1. The van der Waals surface area contributed by atoms with Crippen LogP contribution in [0.2, 0.25) is 5.02 Å². The second-order valence-corrected chi connectivity index (χ2v) is 8.48. The van der Waals surface area contributed by atoms with Crippen molar-refractivity contribution in [2.45, 2.75) is 13.8 Å². The van der Waals surface area contributed by atoms with Gasteiger partial charge in [0.2, 0.25) is 15.9 Å². The van der Waals surface area contributed by atoms with Crippen LogP contribution in [0.25, 0.3) is 0 Å². The smallest absolute Gasteiger partial charge is 0.240 e. The molecule has 0 fully saturated rings. The molecule has 0 bridgehead atoms. The first-order valence-corrected chi connectivity index (χ1v) is 10.6. The van der Waals surface area contributed by atoms with Gasteiger partial charge in [-0.2, -0.15) is 0 Å². The molecule has 0 aliphatic rings. The minimum atomic E-state index is -3.65. The molecule has 1 amide bonds. The standard InChI is InChI=1S/C19H23ClN2O4S/c1-14-7-9-16(10-8-14)26-12-11-21-19(23)13-22(27(3,24)25)18-6-4-5-17(20)15(18)2/h4-10H,11-13H2,1-3H3,(H,21,23). The predicted octanol–water partition coefficient (Wildman–Crippen LogP) is 2.92. The first kappa shape index (κ1) is 21.1. The fourth-order valence-corrected chi connectivity index (χ4v) is 3.50. The highest BCUT2D eigenvalue weighted by molar-refractivity contribution is 7.92. The van der Waals surface area contributed by atoms with Gasteiger partial charge in [-0.25, -0.2) is 8.42 Å². The number of rotatable bonds is 8. The summed E-state index contributed by atoms with van der Waals surface area (Å²) in [6.45, 7) is 3.91. The fraction of sp³-hybridized carbons (Fsp3) is 0.316. The zero-order chi connectivity index (χ0) is 20.0. The summed E-state index contributed by atoms with van der Waals surface area (Å²) in [5.74, 6) is 0.287. The van der Waals surface area contributed by atoms with Crippen LogP contribution in [0, 0.1) is 13.8 Å². The van der Waals surface area contributed by atoms with Gasteiger partial charge in [-0.15, -0.1) is 0 Å². The van der Waals surface area contributed by atoms with Crippen LogP contribution in [-0.2, 0) is 14.8 Å². The van der Waals surface area contributed by atoms with Crippen molar-refractivity contribution in [3.8, 4) is 5.75 Å². The predicted molar refractivity (Wildman–Crippen MR) is 108 cm³/mol. The van der Waals surface area contributed by atoms with Crippen molar-refractivity contribution < 1.29 is 17.9 Å². The number of amides is 1. The van der Waals surface area contributed by atoms with E-state index < -0.39 is 15.9 Å². The van der Waals surface area contributed by atoms with E-state index in [4.69, 9.17) is 16.3 Å². The third kappa shape index (κ3) is 6.15. The molecule has 0 aliphatic carbocycles. The Morgan fingerprint density at radius 1 is 1.15 bits per heavy atom. The topological polar surface area (TPSA) is 75.7 Å². The van der Waals surface area contributed by atoms with E-state index >= 15 is 0 Å². The second-order valence-electron chi connectivity index (χ2n) is 6.17. The Hall–Kier alpha value is -2.25. The summed E-state index contributed by atoms with van der Waals surface area (Å²) in [6.07, 6.45) is 1.06. The van der Waals surface area contributed by atoms with Gasteiger partial charge >= 0.3 is 0 Å². The summed E-state index contributed by atoms with van der Waals surface area (Å²) in [5.41, 5.74) is 2.11. The molecule has 0 spiro atoms. The number of nitrogens with one attached hydrogen (secondary N) is 1. The number of nitrogens with zero attached hydrogens (tertiary/aromatic N) is 1. The molecule has 0 saturated heterocycles. The van der Waals surface area contributed by atoms with Crippen LogP contribution >= 0.6 is 11.6 Å². The Labute approximate surface area is 165 Å². The van der Waals surface area contributed by atoms with Crippen LogP contribution in [-0.4, -0.2) is 40.3 Å². The maximum absolute atomic E-state index is 12.2. The van der Waals surface area contributed by atoms with Gasteiger partial charge in [-0.3, -0.25) is 9.10 Å². The van der Waals surface area contributed by atoms with Crippen LogP contribution in [0.15, 0.2) is 42.5 Å². The molecule has 8 heteroatoms. The molecule has 2 aromatic carbocycles. The Morgan fingerprint density at radius 2 is 1.81 bits per heavy atom. The second kappa shape index (κ2) is 9.10. The van der Waals surface area contributed by atoms with Crippen LogP contribution in [0.3, 0.4) is 0 Å². The molecular formula is C19H23ClN2O4S. The summed E-state index contributed by atoms with van der Waals surface area (Å²) < 4.78 is 30.9. The van der Waals surface area contributed by atoms with E-state index in [1.54, 1.807) is 25.1 Å². The van der Waals surface area contributed by atoms with Crippen molar-refractivity contribution in [3.63, 3.8) is 0 Å². The number of ether oxygens (including phenoxy) is 1. The SMILES string of the molecule is Cc1ccc(OCCNC(=O)CN(c2cccc(Cl)c2C)S(C)(=O)=O)cc1. The summed E-state index contributed by atoms with van der Waals surface area (Å²) in [7, 11) is -3.65. The minimum Gasteiger partial charge on any atom is -0.492 e. The van der Waals surface area contributed by atoms with E-state index in [2.05, 4.69) is 5.32 Å². The minimum absolute atomic E-state index is 0.263. The zero-order valence-corrected chi connectivity index (χ0v) is 17.1. The van der Waals surface area contributed by atoms with Crippen molar-refractivity contribution >= 4 is 33.2 Å². The van der Waals surface area contributed by atoms with Gasteiger partial charge < -0.3 is 10.1 Å². The lowest BCUT2D eigenvalue weighted by Crippen LogP contribution is -2.41. The molecule has 0 radical (unpaired) electrons. The molecule has 0 atom stereocenters. The molecule has 0 saturated carbocycles. The lowest BCUT2D eigenvalue weighted by Gasteiger charge is -2.24. The highest BCUT2D eigenvalue weighted by Gasteiger charge is 2.22. The van der Waals surface area contributed by atoms with Gasteiger partial charge in [0, 0.05) is 5.02 Å². The summed E-state index contributed by atoms with van der Waals surface area (Å²) >= 11 is 6.08. The summed E-state index contributed by atoms with van der Waals surface area (Å²) in [5, 5.41) is 3.11. The Bertz CT molecular complexity index is 898. The third-order valence-corrected chi connectivity index (χ3v) is 5.45. The van der Waals surface area contributed by atoms with Crippen LogP contribution in [0.1, 0.15) is 11.1 Å². The van der Waals surface area contributed by atoms with E-state index in [-0.39, 0.29) is 19.7 Å². The van der Waals surface area contributed by atoms with E-state index in [1.807, 2.05) is 31.2 Å². The number of carbonyl (C=O) groups is 1. The van der Waals surface area contributed by atoms with Gasteiger partial charge in [0.05, 0.1) is 18.5 Å². The van der Waals surface area contributed by atoms with E-state index in [1.165, 1.54) is 0 Å². The molecule has 2 aromatic rings. The number of carbonyl (C=O) groups excluding carboxylic acids is 1. The Morgan fingerprint density at radius 3 is 2.44 bits per heavy atom. The third-order valence-electron chi connectivity index (χ3n) is 3.91. The van der Waals surface area contributed by atoms with E-state index in [0.29, 0.717) is 22.0 Å². The van der Waals surface area contributed by atoms with Crippen molar-refractivity contribution in [3.05, 3.63) is 58.6 Å². The first-order valence-electron chi connectivity index (χ1n) is 8.37. The molecule has 2 rings (SSSR count). The van der Waals surface area contributed by atoms with Crippen LogP contribution < -0.4 is 14.4 Å². The summed E-state index contributed by atoms with van der Waals surface area (Å²) in [4.78, 5) is 12.2. The number of aryl methyl sites for hydroxylation is 1. The maximum Gasteiger partial charge on any atom is 0.240 e. The molecule has 6 nitrogen and oxygen atoms in total. The van der Waals surface area contributed by atoms with E-state index in [9.17, 15) is 13.2 Å². The molecule has 0 heterocycles. The fourth-order valence-electron chi connectivity index (χ4n) is 2.43. The largest absolute Gasteiger partial charge is 0.492 e. The first-order chi connectivity index (χ1) is 12.7. The normalized spacial score (nSPS) is 11.1. The van der Waals surface area contributed by atoms with Gasteiger partial charge in [0.25, 0.3) is 0 Å². The highest BCUT2D eigenvalue weighted by atomic mass is 35.5. The number of sulfonamides is 1. The van der Waals surface area contributed by atoms with Crippen molar-refractivity contribution in [2.75, 3.05) is 30.3 Å². The van der Waals surface area contributed by atoms with Gasteiger partial charge in [-0.05, 0) is 43.7 Å². The average molecular weight is 411 g/mol. The quantitative estimate of drug-likeness (QED) is 0.679. The highest BCUT2D eigenvalue weighted by Crippen LogP contribution is 2.27. The molecule has 146 valence electrons. The molecule has 0 aliphatic heterocycles. The van der Waals surface area contributed by atoms with E-state index in [0.717, 1.165) is 16.1 Å². The van der Waals surface area contributed by atoms with Gasteiger partial charge in [0.1, 0.15) is 18.9 Å². The Kier molecular flexibility index (Phi) is 7.10. The Balaban J connectivity index is 1.94. The van der Waals surface area contributed by atoms with Crippen LogP contribution in [0.4, 0.5) is 5.69 Å². The average Bonchev–Trinajstić information content (AvgIpc) is 2.60. The summed E-state index contributed by atoms with van der Waals surface area (Å²) in [6, 6.07) is 12.5. The van der Waals surface area contributed by atoms with Gasteiger partial charge in [-0.1, -0.05) is 35.4 Å². The maximum atomic E-state index is 12.2. The molecule has 1 N–H and O–H groups in total. The van der Waals surface area contributed by atoms with Crippen molar-refractivity contribution in [1.29, 1.82) is 0 Å². The van der Waals surface area contributed by atoms with Crippen molar-refractivity contribution in [2.24, 2.45) is 0 Å². The molecule has 0 aromatic heterocycles. The molecular weight excluding hydrogens is 388 g/mol. The number of hydrogen-bond acceptors (Lipinski definition) is 4. The zero-order valence-electron chi connectivity index (χ0n) is 15.5. The number of benzene rings is 2. The number of hydrogen-bond donors (Lipinski definition) is 1. The van der Waals surface area contributed by atoms with Gasteiger partial charge in [0.15, 0.2) is 0 Å². The number of halogens is 1.